The van der Waals surface area contributed by atoms with Crippen molar-refractivity contribution in [3.8, 4) is 11.1 Å². The molecule has 1 aliphatic rings. The number of piperazine rings is 1. The summed E-state index contributed by atoms with van der Waals surface area (Å²) in [6, 6.07) is 6.61. The van der Waals surface area contributed by atoms with Crippen molar-refractivity contribution in [2.75, 3.05) is 26.2 Å². The van der Waals surface area contributed by atoms with E-state index in [2.05, 4.69) is 33.8 Å². The summed E-state index contributed by atoms with van der Waals surface area (Å²) >= 11 is 0. The Morgan fingerprint density at radius 1 is 1.11 bits per heavy atom. The molecule has 3 aromatic rings. The van der Waals surface area contributed by atoms with Crippen molar-refractivity contribution in [3.63, 3.8) is 0 Å². The van der Waals surface area contributed by atoms with Gasteiger partial charge in [0.15, 0.2) is 0 Å². The molecule has 0 radical (unpaired) electrons. The monoisotopic (exact) mass is 378 g/mol. The van der Waals surface area contributed by atoms with Gasteiger partial charge in [0.25, 0.3) is 0 Å². The van der Waals surface area contributed by atoms with Gasteiger partial charge in [-0.05, 0) is 25.5 Å². The molecule has 0 spiro atoms. The zero-order valence-corrected chi connectivity index (χ0v) is 16.7. The standard InChI is InChI=1S/C21H26N6O/c1-15(2)26-6-8-27(9-7-26)21(28)11-20-22-12-17-5-4-16(10-19(17)24-20)18-13-23-25(3)14-18/h4-5,10,12-15H,6-9,11H2,1-3H3. The van der Waals surface area contributed by atoms with E-state index in [1.54, 1.807) is 10.9 Å². The Labute approximate surface area is 165 Å². The molecular formula is C21H26N6O. The van der Waals surface area contributed by atoms with Gasteiger partial charge in [-0.25, -0.2) is 9.97 Å². The first-order valence-corrected chi connectivity index (χ1v) is 9.76. The SMILES string of the molecule is CC(C)N1CCN(C(=O)Cc2ncc3ccc(-c4cnn(C)c4)cc3n2)CC1. The quantitative estimate of drug-likeness (QED) is 0.696. The Morgan fingerprint density at radius 3 is 2.57 bits per heavy atom. The van der Waals surface area contributed by atoms with E-state index in [9.17, 15) is 4.79 Å². The lowest BCUT2D eigenvalue weighted by Crippen LogP contribution is -2.51. The average molecular weight is 378 g/mol. The number of carbonyl (C=O) groups excluding carboxylic acids is 1. The van der Waals surface area contributed by atoms with Crippen LogP contribution in [0.4, 0.5) is 0 Å². The second-order valence-electron chi connectivity index (χ2n) is 7.65. The third-order valence-corrected chi connectivity index (χ3v) is 5.38. The number of rotatable bonds is 4. The molecule has 1 saturated heterocycles. The van der Waals surface area contributed by atoms with Gasteiger partial charge in [0.1, 0.15) is 5.82 Å². The largest absolute Gasteiger partial charge is 0.340 e. The predicted molar refractivity (Wildman–Crippen MR) is 109 cm³/mol. The fourth-order valence-electron chi connectivity index (χ4n) is 3.63. The minimum Gasteiger partial charge on any atom is -0.340 e. The molecular weight excluding hydrogens is 352 g/mol. The van der Waals surface area contributed by atoms with Crippen LogP contribution in [0.25, 0.3) is 22.0 Å². The van der Waals surface area contributed by atoms with Crippen LogP contribution in [0, 0.1) is 0 Å². The molecule has 1 amide bonds. The fourth-order valence-corrected chi connectivity index (χ4v) is 3.63. The van der Waals surface area contributed by atoms with E-state index in [0.29, 0.717) is 11.9 Å². The van der Waals surface area contributed by atoms with Crippen LogP contribution in [0.2, 0.25) is 0 Å². The zero-order valence-electron chi connectivity index (χ0n) is 16.7. The zero-order chi connectivity index (χ0) is 19.7. The summed E-state index contributed by atoms with van der Waals surface area (Å²) in [7, 11) is 1.90. The lowest BCUT2D eigenvalue weighted by Gasteiger charge is -2.36. The number of fused-ring (bicyclic) bond motifs is 1. The molecule has 0 atom stereocenters. The van der Waals surface area contributed by atoms with Gasteiger partial charge in [-0.3, -0.25) is 14.4 Å². The number of nitrogens with zero attached hydrogens (tertiary/aromatic N) is 6. The summed E-state index contributed by atoms with van der Waals surface area (Å²) in [5, 5.41) is 5.20. The molecule has 3 heterocycles. The van der Waals surface area contributed by atoms with Crippen LogP contribution in [0.5, 0.6) is 0 Å². The van der Waals surface area contributed by atoms with Crippen molar-refractivity contribution in [1.29, 1.82) is 0 Å². The Balaban J connectivity index is 1.49. The molecule has 2 aromatic heterocycles. The minimum atomic E-state index is 0.103. The lowest BCUT2D eigenvalue weighted by molar-refractivity contribution is -0.132. The van der Waals surface area contributed by atoms with Crippen LogP contribution < -0.4 is 0 Å². The van der Waals surface area contributed by atoms with Gasteiger partial charge in [0, 0.05) is 62.6 Å². The molecule has 146 valence electrons. The first-order chi connectivity index (χ1) is 13.5. The molecule has 4 rings (SSSR count). The van der Waals surface area contributed by atoms with Crippen LogP contribution in [0.15, 0.2) is 36.8 Å². The van der Waals surface area contributed by atoms with E-state index in [1.807, 2.05) is 42.5 Å². The van der Waals surface area contributed by atoms with E-state index >= 15 is 0 Å². The maximum atomic E-state index is 12.7. The van der Waals surface area contributed by atoms with Crippen molar-refractivity contribution >= 4 is 16.8 Å². The van der Waals surface area contributed by atoms with Crippen molar-refractivity contribution in [2.45, 2.75) is 26.3 Å². The van der Waals surface area contributed by atoms with Gasteiger partial charge in [0.05, 0.1) is 18.1 Å². The number of hydrogen-bond acceptors (Lipinski definition) is 5. The molecule has 7 heteroatoms. The van der Waals surface area contributed by atoms with Crippen LogP contribution in [0.1, 0.15) is 19.7 Å². The summed E-state index contributed by atoms with van der Waals surface area (Å²) in [6.07, 6.45) is 5.86. The highest BCUT2D eigenvalue weighted by Gasteiger charge is 2.23. The molecule has 1 aliphatic heterocycles. The maximum absolute atomic E-state index is 12.7. The van der Waals surface area contributed by atoms with Gasteiger partial charge < -0.3 is 4.90 Å². The minimum absolute atomic E-state index is 0.103. The van der Waals surface area contributed by atoms with E-state index in [-0.39, 0.29) is 12.3 Å². The molecule has 0 aliphatic carbocycles. The van der Waals surface area contributed by atoms with Gasteiger partial charge >= 0.3 is 0 Å². The van der Waals surface area contributed by atoms with E-state index < -0.39 is 0 Å². The molecule has 0 N–H and O–H groups in total. The van der Waals surface area contributed by atoms with Crippen LogP contribution in [0.3, 0.4) is 0 Å². The summed E-state index contributed by atoms with van der Waals surface area (Å²) in [4.78, 5) is 26.1. The predicted octanol–water partition coefficient (Wildman–Crippen LogP) is 2.13. The van der Waals surface area contributed by atoms with Crippen molar-refractivity contribution in [3.05, 3.63) is 42.6 Å². The smallest absolute Gasteiger partial charge is 0.230 e. The highest BCUT2D eigenvalue weighted by molar-refractivity contribution is 5.84. The topological polar surface area (TPSA) is 67.2 Å². The third kappa shape index (κ3) is 3.89. The molecule has 7 nitrogen and oxygen atoms in total. The van der Waals surface area contributed by atoms with Crippen molar-refractivity contribution < 1.29 is 4.79 Å². The fraction of sp³-hybridized carbons (Fsp3) is 0.429. The van der Waals surface area contributed by atoms with Crippen molar-refractivity contribution in [2.24, 2.45) is 7.05 Å². The van der Waals surface area contributed by atoms with Gasteiger partial charge in [-0.1, -0.05) is 12.1 Å². The molecule has 0 bridgehead atoms. The van der Waals surface area contributed by atoms with Gasteiger partial charge in [-0.2, -0.15) is 5.10 Å². The molecule has 1 fully saturated rings. The third-order valence-electron chi connectivity index (χ3n) is 5.38. The molecule has 1 aromatic carbocycles. The number of aromatic nitrogens is 4. The van der Waals surface area contributed by atoms with Crippen LogP contribution in [-0.2, 0) is 18.3 Å². The van der Waals surface area contributed by atoms with Gasteiger partial charge in [0.2, 0.25) is 5.91 Å². The first kappa shape index (κ1) is 18.6. The number of hydrogen-bond donors (Lipinski definition) is 0. The Hall–Kier alpha value is -2.80. The summed E-state index contributed by atoms with van der Waals surface area (Å²) < 4.78 is 1.78. The number of carbonyl (C=O) groups is 1. The van der Waals surface area contributed by atoms with E-state index in [0.717, 1.165) is 48.2 Å². The van der Waals surface area contributed by atoms with Crippen LogP contribution in [-0.4, -0.2) is 67.7 Å². The molecule has 0 saturated carbocycles. The number of aryl methyl sites for hydroxylation is 1. The summed E-state index contributed by atoms with van der Waals surface area (Å²) in [5.74, 6) is 0.679. The lowest BCUT2D eigenvalue weighted by atomic mass is 10.1. The van der Waals surface area contributed by atoms with Crippen LogP contribution >= 0.6 is 0 Å². The summed E-state index contributed by atoms with van der Waals surface area (Å²) in [6.45, 7) is 7.79. The maximum Gasteiger partial charge on any atom is 0.230 e. The Kier molecular flexibility index (Phi) is 5.09. The highest BCUT2D eigenvalue weighted by Crippen LogP contribution is 2.23. The highest BCUT2D eigenvalue weighted by atomic mass is 16.2. The summed E-state index contributed by atoms with van der Waals surface area (Å²) in [5.41, 5.74) is 2.95. The van der Waals surface area contributed by atoms with E-state index in [1.165, 1.54) is 0 Å². The normalized spacial score (nSPS) is 15.5. The Bertz CT molecular complexity index is 987. The molecule has 0 unspecified atom stereocenters. The number of benzene rings is 1. The average Bonchev–Trinajstić information content (AvgIpc) is 3.14. The van der Waals surface area contributed by atoms with Crippen molar-refractivity contribution in [1.82, 2.24) is 29.5 Å². The van der Waals surface area contributed by atoms with E-state index in [4.69, 9.17) is 0 Å². The second-order valence-corrected chi connectivity index (χ2v) is 7.65. The second kappa shape index (κ2) is 7.67. The molecule has 28 heavy (non-hydrogen) atoms. The Morgan fingerprint density at radius 2 is 1.89 bits per heavy atom. The van der Waals surface area contributed by atoms with Gasteiger partial charge in [-0.15, -0.1) is 0 Å². The number of amides is 1. The first-order valence-electron chi connectivity index (χ1n) is 9.76.